The molecule has 0 heterocycles. The van der Waals surface area contributed by atoms with Crippen molar-refractivity contribution in [2.45, 2.75) is 19.5 Å². The highest BCUT2D eigenvalue weighted by atomic mass is 19.4. The van der Waals surface area contributed by atoms with Crippen LogP contribution in [0.3, 0.4) is 0 Å². The van der Waals surface area contributed by atoms with E-state index in [9.17, 15) is 22.8 Å². The smallest absolute Gasteiger partial charge is 0.416 e. The number of aryl methyl sites for hydroxylation is 1. The van der Waals surface area contributed by atoms with Crippen LogP contribution in [0.5, 0.6) is 0 Å². The number of benzene rings is 2. The number of halogens is 3. The van der Waals surface area contributed by atoms with Crippen LogP contribution in [0.25, 0.3) is 0 Å². The number of rotatable bonds is 5. The molecule has 0 atom stereocenters. The number of amides is 1. The molecule has 0 spiro atoms. The zero-order valence-corrected chi connectivity index (χ0v) is 13.4. The summed E-state index contributed by atoms with van der Waals surface area (Å²) < 4.78 is 42.2. The van der Waals surface area contributed by atoms with Gasteiger partial charge >= 0.3 is 12.1 Å². The fourth-order valence-corrected chi connectivity index (χ4v) is 2.03. The highest BCUT2D eigenvalue weighted by Crippen LogP contribution is 2.29. The Morgan fingerprint density at radius 1 is 1.00 bits per heavy atom. The second-order valence-electron chi connectivity index (χ2n) is 5.25. The number of nitrogens with one attached hydrogen (secondary N) is 1. The number of alkyl halides is 3. The summed E-state index contributed by atoms with van der Waals surface area (Å²) in [4.78, 5) is 23.5. The van der Waals surface area contributed by atoms with E-state index in [4.69, 9.17) is 4.74 Å². The van der Waals surface area contributed by atoms with Gasteiger partial charge in [0, 0.05) is 5.69 Å². The molecular formula is C18H16F3NO3. The Kier molecular flexibility index (Phi) is 5.80. The van der Waals surface area contributed by atoms with E-state index < -0.39 is 30.2 Å². The molecular weight excluding hydrogens is 335 g/mol. The van der Waals surface area contributed by atoms with Crippen LogP contribution >= 0.6 is 0 Å². The van der Waals surface area contributed by atoms with Crippen molar-refractivity contribution in [1.82, 2.24) is 0 Å². The number of esters is 1. The van der Waals surface area contributed by atoms with Gasteiger partial charge in [0.1, 0.15) is 0 Å². The van der Waals surface area contributed by atoms with Gasteiger partial charge in [-0.2, -0.15) is 13.2 Å². The second kappa shape index (κ2) is 7.83. The molecule has 0 saturated carbocycles. The van der Waals surface area contributed by atoms with Crippen LogP contribution < -0.4 is 5.32 Å². The van der Waals surface area contributed by atoms with Gasteiger partial charge in [0.25, 0.3) is 5.91 Å². The average molecular weight is 351 g/mol. The largest absolute Gasteiger partial charge is 0.452 e. The molecule has 0 radical (unpaired) electrons. The lowest BCUT2D eigenvalue weighted by Crippen LogP contribution is -2.21. The zero-order valence-electron chi connectivity index (χ0n) is 13.4. The molecule has 7 heteroatoms. The maximum atomic E-state index is 12.5. The van der Waals surface area contributed by atoms with Crippen LogP contribution in [-0.4, -0.2) is 18.5 Å². The topological polar surface area (TPSA) is 55.4 Å². The van der Waals surface area contributed by atoms with E-state index in [-0.39, 0.29) is 5.69 Å². The van der Waals surface area contributed by atoms with E-state index in [1.54, 1.807) is 24.3 Å². The van der Waals surface area contributed by atoms with Crippen LogP contribution in [0.4, 0.5) is 18.9 Å². The summed E-state index contributed by atoms with van der Waals surface area (Å²) in [6.07, 6.45) is -3.60. The van der Waals surface area contributed by atoms with E-state index in [1.165, 1.54) is 0 Å². The maximum Gasteiger partial charge on any atom is 0.416 e. The van der Waals surface area contributed by atoms with Crippen molar-refractivity contribution in [1.29, 1.82) is 0 Å². The first-order valence-corrected chi connectivity index (χ1v) is 7.52. The zero-order chi connectivity index (χ0) is 18.4. The third-order valence-electron chi connectivity index (χ3n) is 3.43. The molecule has 1 amide bonds. The monoisotopic (exact) mass is 351 g/mol. The predicted octanol–water partition coefficient (Wildman–Crippen LogP) is 4.06. The van der Waals surface area contributed by atoms with Crippen molar-refractivity contribution in [3.05, 3.63) is 65.2 Å². The van der Waals surface area contributed by atoms with Gasteiger partial charge in [-0.1, -0.05) is 19.1 Å². The van der Waals surface area contributed by atoms with Gasteiger partial charge in [-0.15, -0.1) is 0 Å². The lowest BCUT2D eigenvalue weighted by Gasteiger charge is -2.09. The third-order valence-corrected chi connectivity index (χ3v) is 3.43. The van der Waals surface area contributed by atoms with Crippen molar-refractivity contribution in [2.75, 3.05) is 11.9 Å². The highest BCUT2D eigenvalue weighted by molar-refractivity contribution is 5.95. The predicted molar refractivity (Wildman–Crippen MR) is 86.2 cm³/mol. The van der Waals surface area contributed by atoms with Gasteiger partial charge in [-0.05, 0) is 48.4 Å². The molecule has 1 N–H and O–H groups in total. The van der Waals surface area contributed by atoms with Gasteiger partial charge in [0.15, 0.2) is 6.61 Å². The lowest BCUT2D eigenvalue weighted by molar-refractivity contribution is -0.137. The van der Waals surface area contributed by atoms with Crippen molar-refractivity contribution >= 4 is 17.6 Å². The third kappa shape index (κ3) is 5.34. The van der Waals surface area contributed by atoms with E-state index in [0.29, 0.717) is 5.56 Å². The molecule has 0 aromatic heterocycles. The first-order chi connectivity index (χ1) is 11.8. The van der Waals surface area contributed by atoms with Gasteiger partial charge in [-0.3, -0.25) is 4.79 Å². The van der Waals surface area contributed by atoms with Crippen LogP contribution in [0.15, 0.2) is 48.5 Å². The summed E-state index contributed by atoms with van der Waals surface area (Å²) >= 11 is 0. The summed E-state index contributed by atoms with van der Waals surface area (Å²) in [6.45, 7) is 1.45. The molecule has 0 saturated heterocycles. The minimum absolute atomic E-state index is 0.182. The number of anilines is 1. The molecule has 2 aromatic carbocycles. The molecule has 0 aliphatic heterocycles. The SMILES string of the molecule is CCc1ccc(C(=O)OCC(=O)Nc2ccc(C(F)(F)F)cc2)cc1. The minimum Gasteiger partial charge on any atom is -0.452 e. The van der Waals surface area contributed by atoms with Crippen LogP contribution in [-0.2, 0) is 22.1 Å². The molecule has 4 nitrogen and oxygen atoms in total. The normalized spacial score (nSPS) is 11.0. The van der Waals surface area contributed by atoms with Gasteiger partial charge < -0.3 is 10.1 Å². The highest BCUT2D eigenvalue weighted by Gasteiger charge is 2.29. The molecule has 0 unspecified atom stereocenters. The first kappa shape index (κ1) is 18.5. The number of carbonyl (C=O) groups excluding carboxylic acids is 2. The standard InChI is InChI=1S/C18H16F3NO3/c1-2-12-3-5-13(6-4-12)17(24)25-11-16(23)22-15-9-7-14(8-10-15)18(19,20)21/h3-10H,2,11H2,1H3,(H,22,23). The average Bonchev–Trinajstić information content (AvgIpc) is 2.59. The molecule has 25 heavy (non-hydrogen) atoms. The molecule has 2 rings (SSSR count). The van der Waals surface area contributed by atoms with Crippen molar-refractivity contribution in [3.8, 4) is 0 Å². The Bertz CT molecular complexity index is 738. The first-order valence-electron chi connectivity index (χ1n) is 7.52. The van der Waals surface area contributed by atoms with Crippen molar-refractivity contribution < 1.29 is 27.5 Å². The van der Waals surface area contributed by atoms with Gasteiger partial charge in [-0.25, -0.2) is 4.79 Å². The quantitative estimate of drug-likeness (QED) is 0.827. The summed E-state index contributed by atoms with van der Waals surface area (Å²) in [5.41, 5.74) is 0.755. The molecule has 132 valence electrons. The van der Waals surface area contributed by atoms with E-state index in [1.807, 2.05) is 6.92 Å². The van der Waals surface area contributed by atoms with Crippen molar-refractivity contribution in [3.63, 3.8) is 0 Å². The number of hydrogen-bond acceptors (Lipinski definition) is 3. The second-order valence-corrected chi connectivity index (χ2v) is 5.25. The van der Waals surface area contributed by atoms with Crippen LogP contribution in [0.1, 0.15) is 28.4 Å². The summed E-state index contributed by atoms with van der Waals surface area (Å²) in [5, 5.41) is 2.36. The molecule has 0 fully saturated rings. The van der Waals surface area contributed by atoms with Gasteiger partial charge in [0.05, 0.1) is 11.1 Å². The minimum atomic E-state index is -4.44. The molecule has 2 aromatic rings. The molecule has 0 bridgehead atoms. The fourth-order valence-electron chi connectivity index (χ4n) is 2.03. The van der Waals surface area contributed by atoms with Gasteiger partial charge in [0.2, 0.25) is 0 Å². The number of carbonyl (C=O) groups is 2. The summed E-state index contributed by atoms with van der Waals surface area (Å²) in [7, 11) is 0. The van der Waals surface area contributed by atoms with Crippen LogP contribution in [0.2, 0.25) is 0 Å². The summed E-state index contributed by atoms with van der Waals surface area (Å²) in [6, 6.07) is 10.8. The van der Waals surface area contributed by atoms with E-state index in [0.717, 1.165) is 36.2 Å². The molecule has 0 aliphatic carbocycles. The number of hydrogen-bond donors (Lipinski definition) is 1. The maximum absolute atomic E-state index is 12.5. The Hall–Kier alpha value is -2.83. The molecule has 0 aliphatic rings. The van der Waals surface area contributed by atoms with E-state index >= 15 is 0 Å². The summed E-state index contributed by atoms with van der Waals surface area (Å²) in [5.74, 6) is -1.29. The Balaban J connectivity index is 1.86. The van der Waals surface area contributed by atoms with E-state index in [2.05, 4.69) is 5.32 Å². The fraction of sp³-hybridized carbons (Fsp3) is 0.222. The van der Waals surface area contributed by atoms with Crippen LogP contribution in [0, 0.1) is 0 Å². The Labute approximate surface area is 142 Å². The lowest BCUT2D eigenvalue weighted by atomic mass is 10.1. The van der Waals surface area contributed by atoms with Crippen molar-refractivity contribution in [2.24, 2.45) is 0 Å². The Morgan fingerprint density at radius 2 is 1.60 bits per heavy atom. The number of ether oxygens (including phenoxy) is 1. The Morgan fingerprint density at radius 3 is 2.12 bits per heavy atom.